The highest BCUT2D eigenvalue weighted by molar-refractivity contribution is 8.00. The van der Waals surface area contributed by atoms with Gasteiger partial charge in [0.05, 0.1) is 11.0 Å². The van der Waals surface area contributed by atoms with Crippen LogP contribution in [0.4, 0.5) is 5.69 Å². The van der Waals surface area contributed by atoms with Crippen LogP contribution in [-0.4, -0.2) is 30.3 Å². The fraction of sp³-hybridized carbons (Fsp3) is 0.619. The molecule has 2 rings (SSSR count). The quantitative estimate of drug-likeness (QED) is 0.143. The van der Waals surface area contributed by atoms with E-state index in [1.165, 1.54) is 12.8 Å². The molecule has 0 aromatic heterocycles. The van der Waals surface area contributed by atoms with E-state index >= 15 is 0 Å². The lowest BCUT2D eigenvalue weighted by Gasteiger charge is -2.37. The number of nitro benzene ring substituents is 1. The van der Waals surface area contributed by atoms with Crippen molar-refractivity contribution in [3.63, 3.8) is 0 Å². The first-order valence-electron chi connectivity index (χ1n) is 9.95. The first-order chi connectivity index (χ1) is 13.2. The van der Waals surface area contributed by atoms with Crippen LogP contribution in [0, 0.1) is 10.1 Å². The van der Waals surface area contributed by atoms with Crippen molar-refractivity contribution in [1.82, 2.24) is 4.31 Å². The van der Waals surface area contributed by atoms with Crippen LogP contribution in [0.15, 0.2) is 35.7 Å². The maximum Gasteiger partial charge on any atom is 0.269 e. The molecule has 0 N–H and O–H groups in total. The molecule has 0 spiro atoms. The second-order valence-corrected chi connectivity index (χ2v) is 11.7. The summed E-state index contributed by atoms with van der Waals surface area (Å²) < 4.78 is 14.9. The Morgan fingerprint density at radius 2 is 2.07 bits per heavy atom. The minimum Gasteiger partial charge on any atom is -0.597 e. The van der Waals surface area contributed by atoms with Gasteiger partial charge in [0, 0.05) is 40.2 Å². The third-order valence-corrected chi connectivity index (χ3v) is 7.91. The van der Waals surface area contributed by atoms with Gasteiger partial charge in [-0.05, 0) is 51.7 Å². The van der Waals surface area contributed by atoms with Crippen LogP contribution >= 0.6 is 11.8 Å². The summed E-state index contributed by atoms with van der Waals surface area (Å²) in [5.41, 5.74) is 0.909. The highest BCUT2D eigenvalue weighted by atomic mass is 32.2. The summed E-state index contributed by atoms with van der Waals surface area (Å²) in [7, 11) is 0. The number of thioether (sulfide) groups is 1. The summed E-state index contributed by atoms with van der Waals surface area (Å²) in [6.07, 6.45) is 7.20. The van der Waals surface area contributed by atoms with Gasteiger partial charge in [0.15, 0.2) is 0 Å². The SMILES string of the molecule is C=C[C@@H](c1cc([N+](=O)[O-])ccc1SC1CC1)N(CCCCC)[S+]([O-])C(C)(C)C. The highest BCUT2D eigenvalue weighted by Gasteiger charge is 2.38. The number of unbranched alkanes of at least 4 members (excludes halogenated alkanes) is 2. The summed E-state index contributed by atoms with van der Waals surface area (Å²) in [5.74, 6) is 0. The Kier molecular flexibility index (Phi) is 8.43. The molecular formula is C21H32N2O3S2. The van der Waals surface area contributed by atoms with E-state index in [1.54, 1.807) is 30.0 Å². The van der Waals surface area contributed by atoms with Gasteiger partial charge in [-0.2, -0.15) is 0 Å². The van der Waals surface area contributed by atoms with Gasteiger partial charge in [0.1, 0.15) is 4.75 Å². The Labute approximate surface area is 176 Å². The van der Waals surface area contributed by atoms with Crippen molar-refractivity contribution in [1.29, 1.82) is 0 Å². The van der Waals surface area contributed by atoms with Gasteiger partial charge < -0.3 is 4.55 Å². The lowest BCUT2D eigenvalue weighted by Crippen LogP contribution is -2.45. The summed E-state index contributed by atoms with van der Waals surface area (Å²) in [5, 5.41) is 12.0. The maximum atomic E-state index is 13.3. The molecule has 0 saturated heterocycles. The van der Waals surface area contributed by atoms with Crippen LogP contribution in [0.25, 0.3) is 0 Å². The zero-order valence-corrected chi connectivity index (χ0v) is 19.0. The third-order valence-electron chi connectivity index (χ3n) is 4.59. The average molecular weight is 425 g/mol. The van der Waals surface area contributed by atoms with Crippen molar-refractivity contribution in [2.45, 2.75) is 80.7 Å². The number of non-ortho nitro benzene ring substituents is 1. The van der Waals surface area contributed by atoms with Crippen molar-refractivity contribution < 1.29 is 9.48 Å². The fourth-order valence-electron chi connectivity index (χ4n) is 2.95. The summed E-state index contributed by atoms with van der Waals surface area (Å²) in [6.45, 7) is 12.7. The van der Waals surface area contributed by atoms with Crippen LogP contribution in [0.3, 0.4) is 0 Å². The van der Waals surface area contributed by atoms with E-state index in [-0.39, 0.29) is 16.7 Å². The number of nitrogens with zero attached hydrogens (tertiary/aromatic N) is 2. The summed E-state index contributed by atoms with van der Waals surface area (Å²) in [6, 6.07) is 4.73. The molecule has 1 aromatic carbocycles. The Morgan fingerprint density at radius 1 is 1.39 bits per heavy atom. The monoisotopic (exact) mass is 424 g/mol. The van der Waals surface area contributed by atoms with Gasteiger partial charge in [-0.15, -0.1) is 22.6 Å². The molecule has 1 unspecified atom stereocenters. The van der Waals surface area contributed by atoms with Crippen molar-refractivity contribution >= 4 is 28.8 Å². The summed E-state index contributed by atoms with van der Waals surface area (Å²) >= 11 is 0.521. The van der Waals surface area contributed by atoms with E-state index < -0.39 is 16.1 Å². The van der Waals surface area contributed by atoms with Crippen molar-refractivity contribution in [3.05, 3.63) is 46.5 Å². The van der Waals surface area contributed by atoms with Crippen LogP contribution < -0.4 is 0 Å². The van der Waals surface area contributed by atoms with Crippen molar-refractivity contribution in [2.24, 2.45) is 0 Å². The van der Waals surface area contributed by atoms with E-state index in [9.17, 15) is 14.7 Å². The van der Waals surface area contributed by atoms with E-state index in [1.807, 2.05) is 31.1 Å². The predicted molar refractivity (Wildman–Crippen MR) is 119 cm³/mol. The highest BCUT2D eigenvalue weighted by Crippen LogP contribution is 2.44. The number of benzene rings is 1. The molecule has 2 atom stereocenters. The maximum absolute atomic E-state index is 13.3. The van der Waals surface area contributed by atoms with Gasteiger partial charge in [-0.1, -0.05) is 25.8 Å². The standard InChI is InChI=1S/C21H32N2O3S2/c1-6-8-9-14-22(28(26)21(3,4)5)19(7-2)18-15-16(23(24)25)10-13-20(18)27-17-11-12-17/h7,10,13,15,17,19H,2,6,8-9,11-12,14H2,1,3-5H3/t19-,28?/m0/s1. The van der Waals surface area contributed by atoms with Gasteiger partial charge in [-0.25, -0.2) is 0 Å². The van der Waals surface area contributed by atoms with Crippen LogP contribution in [0.1, 0.15) is 71.4 Å². The Balaban J connectivity index is 2.45. The molecule has 0 heterocycles. The predicted octanol–water partition coefficient (Wildman–Crippen LogP) is 6.03. The molecule has 1 saturated carbocycles. The number of hydrogen-bond acceptors (Lipinski definition) is 5. The fourth-order valence-corrected chi connectivity index (χ4v) is 5.55. The zero-order chi connectivity index (χ0) is 20.9. The zero-order valence-electron chi connectivity index (χ0n) is 17.3. The molecule has 0 bridgehead atoms. The Bertz CT molecular complexity index is 687. The lowest BCUT2D eigenvalue weighted by molar-refractivity contribution is -0.385. The second kappa shape index (κ2) is 10.1. The first kappa shape index (κ1) is 23.3. The molecule has 0 amide bonds. The molecule has 28 heavy (non-hydrogen) atoms. The van der Waals surface area contributed by atoms with E-state index in [0.29, 0.717) is 11.8 Å². The van der Waals surface area contributed by atoms with Crippen LogP contribution in [0.5, 0.6) is 0 Å². The van der Waals surface area contributed by atoms with Crippen molar-refractivity contribution in [2.75, 3.05) is 6.54 Å². The molecule has 1 aliphatic rings. The Hall–Kier alpha value is -1.02. The number of nitro groups is 1. The van der Waals surface area contributed by atoms with Crippen LogP contribution in [-0.2, 0) is 11.4 Å². The molecule has 0 aliphatic heterocycles. The molecule has 1 fully saturated rings. The Morgan fingerprint density at radius 3 is 2.57 bits per heavy atom. The van der Waals surface area contributed by atoms with Gasteiger partial charge in [0.2, 0.25) is 0 Å². The molecule has 7 heteroatoms. The smallest absolute Gasteiger partial charge is 0.269 e. The van der Waals surface area contributed by atoms with Gasteiger partial charge in [0.25, 0.3) is 5.69 Å². The first-order valence-corrected chi connectivity index (χ1v) is 11.9. The lowest BCUT2D eigenvalue weighted by atomic mass is 10.1. The molecule has 1 aliphatic carbocycles. The third kappa shape index (κ3) is 6.24. The van der Waals surface area contributed by atoms with Gasteiger partial charge >= 0.3 is 0 Å². The van der Waals surface area contributed by atoms with Crippen LogP contribution in [0.2, 0.25) is 0 Å². The molecule has 5 nitrogen and oxygen atoms in total. The van der Waals surface area contributed by atoms with Crippen molar-refractivity contribution in [3.8, 4) is 0 Å². The molecule has 156 valence electrons. The second-order valence-electron chi connectivity index (χ2n) is 8.19. The number of rotatable bonds is 11. The van der Waals surface area contributed by atoms with E-state index in [4.69, 9.17) is 0 Å². The average Bonchev–Trinajstić information content (AvgIpc) is 3.44. The summed E-state index contributed by atoms with van der Waals surface area (Å²) in [4.78, 5) is 12.1. The topological polar surface area (TPSA) is 69.4 Å². The minimum absolute atomic E-state index is 0.0667. The van der Waals surface area contributed by atoms with E-state index in [2.05, 4.69) is 13.5 Å². The number of hydrogen-bond donors (Lipinski definition) is 0. The molecular weight excluding hydrogens is 392 g/mol. The molecule has 1 aromatic rings. The minimum atomic E-state index is -1.25. The van der Waals surface area contributed by atoms with Gasteiger partial charge in [-0.3, -0.25) is 10.1 Å². The molecule has 0 radical (unpaired) electrons. The normalized spacial score (nSPS) is 16.8. The van der Waals surface area contributed by atoms with E-state index in [0.717, 1.165) is 29.7 Å². The largest absolute Gasteiger partial charge is 0.597 e.